The van der Waals surface area contributed by atoms with Gasteiger partial charge >= 0.3 is 0 Å². The van der Waals surface area contributed by atoms with E-state index in [1.165, 1.54) is 11.3 Å². The van der Waals surface area contributed by atoms with Crippen LogP contribution in [0.1, 0.15) is 18.4 Å². The van der Waals surface area contributed by atoms with Gasteiger partial charge in [-0.1, -0.05) is 47.2 Å². The number of fused-ring (bicyclic) bond motifs is 2. The fourth-order valence-electron chi connectivity index (χ4n) is 4.15. The van der Waals surface area contributed by atoms with E-state index in [4.69, 9.17) is 16.3 Å². The molecule has 1 aliphatic heterocycles. The Kier molecular flexibility index (Phi) is 5.13. The maximum absolute atomic E-state index is 12.9. The van der Waals surface area contributed by atoms with Gasteiger partial charge in [0.2, 0.25) is 5.91 Å². The van der Waals surface area contributed by atoms with Crippen LogP contribution in [0.3, 0.4) is 0 Å². The average molecular weight is 440 g/mol. The molecule has 0 saturated carbocycles. The molecular formula is C23H22ClN3O2S. The third kappa shape index (κ3) is 3.66. The molecular weight excluding hydrogens is 418 g/mol. The molecule has 2 aromatic heterocycles. The largest absolute Gasteiger partial charge is 0.467 e. The zero-order valence-corrected chi connectivity index (χ0v) is 18.2. The van der Waals surface area contributed by atoms with Crippen LogP contribution >= 0.6 is 22.9 Å². The molecule has 1 amide bonds. The summed E-state index contributed by atoms with van der Waals surface area (Å²) in [5.74, 6) is 0.177. The van der Waals surface area contributed by atoms with Crippen molar-refractivity contribution in [1.82, 2.24) is 14.5 Å². The number of rotatable bonds is 4. The van der Waals surface area contributed by atoms with Crippen molar-refractivity contribution in [3.8, 4) is 5.19 Å². The lowest BCUT2D eigenvalue weighted by molar-refractivity contribution is -0.132. The Balaban J connectivity index is 1.21. The standard InChI is InChI=1S/C23H22ClN3O2S/c1-26-14-15(17-5-2-3-7-19(17)26)13-21(28)27-11-9-16(10-12-27)29-23-25-22-18(24)6-4-8-20(22)30-23/h2-8,14,16H,9-13H2,1H3. The van der Waals surface area contributed by atoms with Crippen LogP contribution in [-0.2, 0) is 18.3 Å². The Morgan fingerprint density at radius 2 is 2.00 bits per heavy atom. The van der Waals surface area contributed by atoms with E-state index in [0.717, 1.165) is 39.5 Å². The number of ether oxygens (including phenoxy) is 1. The summed E-state index contributed by atoms with van der Waals surface area (Å²) in [4.78, 5) is 19.4. The van der Waals surface area contributed by atoms with Crippen molar-refractivity contribution in [2.24, 2.45) is 7.05 Å². The lowest BCUT2D eigenvalue weighted by atomic mass is 10.1. The number of piperidine rings is 1. The van der Waals surface area contributed by atoms with E-state index in [0.29, 0.717) is 29.7 Å². The molecule has 0 aliphatic carbocycles. The summed E-state index contributed by atoms with van der Waals surface area (Å²) in [5.41, 5.74) is 3.04. The van der Waals surface area contributed by atoms with E-state index in [2.05, 4.69) is 27.9 Å². The minimum atomic E-state index is 0.0749. The van der Waals surface area contributed by atoms with Crippen LogP contribution in [0.4, 0.5) is 0 Å². The highest BCUT2D eigenvalue weighted by molar-refractivity contribution is 7.20. The first-order valence-electron chi connectivity index (χ1n) is 10.1. The number of para-hydroxylation sites is 2. The van der Waals surface area contributed by atoms with Crippen molar-refractivity contribution in [3.63, 3.8) is 0 Å². The number of carbonyl (C=O) groups excluding carboxylic acids is 1. The summed E-state index contributed by atoms with van der Waals surface area (Å²) in [7, 11) is 2.02. The zero-order valence-electron chi connectivity index (χ0n) is 16.7. The summed E-state index contributed by atoms with van der Waals surface area (Å²) in [5, 5.41) is 2.45. The van der Waals surface area contributed by atoms with E-state index in [-0.39, 0.29) is 12.0 Å². The molecule has 154 valence electrons. The van der Waals surface area contributed by atoms with Crippen LogP contribution in [-0.4, -0.2) is 39.6 Å². The van der Waals surface area contributed by atoms with Gasteiger partial charge in [-0.2, -0.15) is 0 Å². The van der Waals surface area contributed by atoms with Gasteiger partial charge in [0.1, 0.15) is 11.6 Å². The monoisotopic (exact) mass is 439 g/mol. The van der Waals surface area contributed by atoms with Crippen LogP contribution in [0.5, 0.6) is 5.19 Å². The zero-order chi connectivity index (χ0) is 20.7. The lowest BCUT2D eigenvalue weighted by Gasteiger charge is -2.31. The molecule has 1 aliphatic rings. The minimum absolute atomic E-state index is 0.0749. The second-order valence-corrected chi connectivity index (χ2v) is 9.12. The van der Waals surface area contributed by atoms with Crippen molar-refractivity contribution in [3.05, 3.63) is 59.2 Å². The Morgan fingerprint density at radius 3 is 2.80 bits per heavy atom. The number of likely N-dealkylation sites (tertiary alicyclic amines) is 1. The number of hydrogen-bond acceptors (Lipinski definition) is 4. The van der Waals surface area contributed by atoms with Gasteiger partial charge in [-0.05, 0) is 23.8 Å². The molecule has 5 rings (SSSR count). The van der Waals surface area contributed by atoms with Gasteiger partial charge in [0.15, 0.2) is 0 Å². The number of thiazole rings is 1. The molecule has 1 saturated heterocycles. The molecule has 4 aromatic rings. The van der Waals surface area contributed by atoms with Crippen molar-refractivity contribution in [2.75, 3.05) is 13.1 Å². The van der Waals surface area contributed by atoms with Crippen LogP contribution in [0, 0.1) is 0 Å². The van der Waals surface area contributed by atoms with Gasteiger partial charge in [-0.15, -0.1) is 0 Å². The maximum atomic E-state index is 12.9. The van der Waals surface area contributed by atoms with E-state index < -0.39 is 0 Å². The Bertz CT molecular complexity index is 1220. The molecule has 0 unspecified atom stereocenters. The number of benzene rings is 2. The van der Waals surface area contributed by atoms with Crippen molar-refractivity contribution in [2.45, 2.75) is 25.4 Å². The predicted molar refractivity (Wildman–Crippen MR) is 121 cm³/mol. The molecule has 5 nitrogen and oxygen atoms in total. The Morgan fingerprint density at radius 1 is 1.20 bits per heavy atom. The maximum Gasteiger partial charge on any atom is 0.274 e. The van der Waals surface area contributed by atoms with Crippen molar-refractivity contribution in [1.29, 1.82) is 0 Å². The molecule has 30 heavy (non-hydrogen) atoms. The third-order valence-electron chi connectivity index (χ3n) is 5.73. The first kappa shape index (κ1) is 19.4. The third-order valence-corrected chi connectivity index (χ3v) is 6.95. The second kappa shape index (κ2) is 7.93. The Labute approximate surface area is 183 Å². The summed E-state index contributed by atoms with van der Waals surface area (Å²) < 4.78 is 9.22. The molecule has 7 heteroatoms. The van der Waals surface area contributed by atoms with Gasteiger partial charge in [-0.25, -0.2) is 4.98 Å². The van der Waals surface area contributed by atoms with Gasteiger partial charge in [0, 0.05) is 50.1 Å². The van der Waals surface area contributed by atoms with Crippen LogP contribution < -0.4 is 4.74 Å². The van der Waals surface area contributed by atoms with Gasteiger partial charge in [0.25, 0.3) is 5.19 Å². The number of nitrogens with zero attached hydrogens (tertiary/aromatic N) is 3. The first-order chi connectivity index (χ1) is 14.6. The molecule has 0 N–H and O–H groups in total. The number of aromatic nitrogens is 2. The number of hydrogen-bond donors (Lipinski definition) is 0. The fraction of sp³-hybridized carbons (Fsp3) is 0.304. The summed E-state index contributed by atoms with van der Waals surface area (Å²) in [6, 6.07) is 14.0. The number of aryl methyl sites for hydroxylation is 1. The summed E-state index contributed by atoms with van der Waals surface area (Å²) in [6.45, 7) is 1.42. The SMILES string of the molecule is Cn1cc(CC(=O)N2CCC(Oc3nc4c(Cl)cccc4s3)CC2)c2ccccc21. The van der Waals surface area contributed by atoms with Crippen LogP contribution in [0.2, 0.25) is 5.02 Å². The predicted octanol–water partition coefficient (Wildman–Crippen LogP) is 5.05. The van der Waals surface area contributed by atoms with Gasteiger partial charge < -0.3 is 14.2 Å². The van der Waals surface area contributed by atoms with Crippen molar-refractivity contribution >= 4 is 50.0 Å². The van der Waals surface area contributed by atoms with Crippen LogP contribution in [0.15, 0.2) is 48.7 Å². The fourth-order valence-corrected chi connectivity index (χ4v) is 5.33. The molecule has 2 aromatic carbocycles. The average Bonchev–Trinajstić information content (AvgIpc) is 3.30. The first-order valence-corrected chi connectivity index (χ1v) is 11.3. The van der Waals surface area contributed by atoms with E-state index in [9.17, 15) is 4.79 Å². The second-order valence-electron chi connectivity index (χ2n) is 7.72. The minimum Gasteiger partial charge on any atom is -0.467 e. The molecule has 3 heterocycles. The van der Waals surface area contributed by atoms with Crippen LogP contribution in [0.25, 0.3) is 21.1 Å². The molecule has 0 radical (unpaired) electrons. The van der Waals surface area contributed by atoms with Gasteiger partial charge in [0.05, 0.1) is 16.1 Å². The summed E-state index contributed by atoms with van der Waals surface area (Å²) in [6.07, 6.45) is 4.20. The normalized spacial score (nSPS) is 15.2. The molecule has 1 fully saturated rings. The molecule has 0 spiro atoms. The highest BCUT2D eigenvalue weighted by Gasteiger charge is 2.25. The van der Waals surface area contributed by atoms with Gasteiger partial charge in [-0.3, -0.25) is 4.79 Å². The van der Waals surface area contributed by atoms with E-state index in [1.807, 2.05) is 42.3 Å². The van der Waals surface area contributed by atoms with Crippen molar-refractivity contribution < 1.29 is 9.53 Å². The number of carbonyl (C=O) groups is 1. The lowest BCUT2D eigenvalue weighted by Crippen LogP contribution is -2.42. The number of halogens is 1. The number of amides is 1. The van der Waals surface area contributed by atoms with E-state index in [1.54, 1.807) is 0 Å². The molecule has 0 atom stereocenters. The highest BCUT2D eigenvalue weighted by Crippen LogP contribution is 2.33. The van der Waals surface area contributed by atoms with E-state index >= 15 is 0 Å². The Hall–Kier alpha value is -2.57. The quantitative estimate of drug-likeness (QED) is 0.447. The molecule has 0 bridgehead atoms. The summed E-state index contributed by atoms with van der Waals surface area (Å²) >= 11 is 7.73. The topological polar surface area (TPSA) is 47.4 Å². The highest BCUT2D eigenvalue weighted by atomic mass is 35.5. The smallest absolute Gasteiger partial charge is 0.274 e.